The van der Waals surface area contributed by atoms with E-state index in [-0.39, 0.29) is 24.6 Å². The zero-order valence-corrected chi connectivity index (χ0v) is 10.5. The maximum absolute atomic E-state index is 2.44. The van der Waals surface area contributed by atoms with E-state index in [0.717, 1.165) is 5.92 Å². The fourth-order valence-corrected chi connectivity index (χ4v) is 5.07. The second kappa shape index (κ2) is 4.10. The average Bonchev–Trinajstić information content (AvgIpc) is 1.35. The third kappa shape index (κ3) is 4.94. The van der Waals surface area contributed by atoms with Crippen molar-refractivity contribution in [3.05, 3.63) is 0 Å². The molecule has 0 aromatic carbocycles. The van der Waals surface area contributed by atoms with Gasteiger partial charge in [-0.05, 0) is 0 Å². The Hall–Kier alpha value is 0.935. The minimum atomic E-state index is -0.212. The second-order valence-electron chi connectivity index (χ2n) is 2.18. The Morgan fingerprint density at radius 2 is 2.00 bits per heavy atom. The summed E-state index contributed by atoms with van der Waals surface area (Å²) in [5.74, 6) is 0.997. The van der Waals surface area contributed by atoms with Crippen LogP contribution in [0, 0.1) is 5.92 Å². The zero-order chi connectivity index (χ0) is 4.99. The molecule has 0 aliphatic rings. The molecule has 0 aromatic rings. The molecule has 0 nitrogen and oxygen atoms in total. The molecule has 0 radical (unpaired) electrons. The van der Waals surface area contributed by atoms with Crippen molar-refractivity contribution in [3.63, 3.8) is 0 Å². The molecular formula is C5H12Hg. The summed E-state index contributed by atoms with van der Waals surface area (Å²) in [5, 5.41) is 0. The van der Waals surface area contributed by atoms with Crippen LogP contribution in [0.4, 0.5) is 0 Å². The summed E-state index contributed by atoms with van der Waals surface area (Å²) in [6.45, 7) is 4.62. The van der Waals surface area contributed by atoms with Crippen molar-refractivity contribution in [2.75, 3.05) is 0 Å². The Morgan fingerprint density at radius 1 is 1.50 bits per heavy atom. The molecule has 0 aliphatic heterocycles. The van der Waals surface area contributed by atoms with Gasteiger partial charge in [0.25, 0.3) is 0 Å². The van der Waals surface area contributed by atoms with Crippen molar-refractivity contribution < 1.29 is 24.6 Å². The van der Waals surface area contributed by atoms with E-state index in [9.17, 15) is 0 Å². The van der Waals surface area contributed by atoms with E-state index in [4.69, 9.17) is 0 Å². The van der Waals surface area contributed by atoms with Gasteiger partial charge in [0.2, 0.25) is 0 Å². The van der Waals surface area contributed by atoms with Crippen LogP contribution in [0.25, 0.3) is 0 Å². The molecule has 0 fully saturated rings. The van der Waals surface area contributed by atoms with Crippen LogP contribution in [0.15, 0.2) is 0 Å². The molecule has 0 saturated carbocycles. The Kier molecular flexibility index (Phi) is 4.74. The van der Waals surface area contributed by atoms with Crippen LogP contribution < -0.4 is 0 Å². The molecule has 0 aliphatic carbocycles. The van der Waals surface area contributed by atoms with Crippen LogP contribution in [0.5, 0.6) is 0 Å². The predicted molar refractivity (Wildman–Crippen MR) is 25.5 cm³/mol. The molecule has 6 heavy (non-hydrogen) atoms. The van der Waals surface area contributed by atoms with E-state index in [0.29, 0.717) is 0 Å². The molecule has 0 unspecified atom stereocenters. The quantitative estimate of drug-likeness (QED) is 0.676. The fourth-order valence-electron chi connectivity index (χ4n) is 0.577. The van der Waals surface area contributed by atoms with Crippen molar-refractivity contribution in [2.45, 2.75) is 22.2 Å². The Balaban J connectivity index is 2.63. The van der Waals surface area contributed by atoms with Crippen LogP contribution in [-0.4, -0.2) is 0 Å². The Labute approximate surface area is 52.8 Å². The first-order valence-corrected chi connectivity index (χ1v) is 12.2. The Morgan fingerprint density at radius 3 is 2.00 bits per heavy atom. The van der Waals surface area contributed by atoms with E-state index in [1.165, 1.54) is 0 Å². The topological polar surface area (TPSA) is 0 Å². The number of hydrogen-bond acceptors (Lipinski definition) is 0. The maximum atomic E-state index is 2.44. The summed E-state index contributed by atoms with van der Waals surface area (Å²) in [6, 6.07) is 0. The Bertz CT molecular complexity index is 25.1. The first-order valence-electron chi connectivity index (χ1n) is 2.77. The van der Waals surface area contributed by atoms with E-state index in [1.54, 1.807) is 3.93 Å². The van der Waals surface area contributed by atoms with Gasteiger partial charge in [-0.3, -0.25) is 0 Å². The van der Waals surface area contributed by atoms with Crippen molar-refractivity contribution >= 4 is 0 Å². The first kappa shape index (κ1) is 6.94. The molecule has 1 heteroatoms. The summed E-state index contributed by atoms with van der Waals surface area (Å²) in [7, 11) is 0. The number of rotatable bonds is 2. The van der Waals surface area contributed by atoms with Crippen molar-refractivity contribution in [1.29, 1.82) is 0 Å². The molecule has 0 aromatic heterocycles. The minimum absolute atomic E-state index is 0.212. The molecule has 0 amide bonds. The van der Waals surface area contributed by atoms with Gasteiger partial charge in [0, 0.05) is 0 Å². The summed E-state index contributed by atoms with van der Waals surface area (Å²) in [6.07, 6.45) is 0. The molecule has 0 saturated heterocycles. The van der Waals surface area contributed by atoms with Gasteiger partial charge in [0.1, 0.15) is 0 Å². The van der Waals surface area contributed by atoms with E-state index >= 15 is 0 Å². The SMILES string of the molecule is [CH3][Hg][CH2]C(C)C. The van der Waals surface area contributed by atoms with Crippen LogP contribution in [0.3, 0.4) is 0 Å². The van der Waals surface area contributed by atoms with Gasteiger partial charge in [0.15, 0.2) is 0 Å². The molecule has 0 N–H and O–H groups in total. The van der Waals surface area contributed by atoms with Crippen molar-refractivity contribution in [3.8, 4) is 0 Å². The molecule has 0 heterocycles. The van der Waals surface area contributed by atoms with Gasteiger partial charge in [-0.15, -0.1) is 0 Å². The van der Waals surface area contributed by atoms with Gasteiger partial charge in [-0.2, -0.15) is 0 Å². The molecule has 34 valence electrons. The number of hydrogen-bond donors (Lipinski definition) is 0. The normalized spacial score (nSPS) is 8.67. The van der Waals surface area contributed by atoms with Crippen molar-refractivity contribution in [2.24, 2.45) is 5.92 Å². The van der Waals surface area contributed by atoms with E-state index in [2.05, 4.69) is 18.3 Å². The summed E-state index contributed by atoms with van der Waals surface area (Å²) >= 11 is -0.212. The zero-order valence-electron chi connectivity index (χ0n) is 4.99. The molecule has 0 bridgehead atoms. The summed E-state index contributed by atoms with van der Waals surface area (Å²) in [4.78, 5) is 0. The van der Waals surface area contributed by atoms with Gasteiger partial charge >= 0.3 is 52.7 Å². The van der Waals surface area contributed by atoms with Gasteiger partial charge in [-0.25, -0.2) is 0 Å². The monoisotopic (exact) mass is 274 g/mol. The third-order valence-corrected chi connectivity index (χ3v) is 7.60. The summed E-state index contributed by atoms with van der Waals surface area (Å²) in [5.41, 5.74) is 0. The van der Waals surface area contributed by atoms with Crippen molar-refractivity contribution in [1.82, 2.24) is 0 Å². The second-order valence-corrected chi connectivity index (χ2v) is 8.31. The summed E-state index contributed by atoms with van der Waals surface area (Å²) < 4.78 is 4.04. The van der Waals surface area contributed by atoms with Gasteiger partial charge < -0.3 is 0 Å². The van der Waals surface area contributed by atoms with E-state index in [1.807, 2.05) is 0 Å². The molecule has 0 rings (SSSR count). The molecule has 0 spiro atoms. The molecule has 0 atom stereocenters. The van der Waals surface area contributed by atoms with Crippen LogP contribution in [0.2, 0.25) is 8.36 Å². The molecular weight excluding hydrogens is 261 g/mol. The fraction of sp³-hybridized carbons (Fsp3) is 1.00. The standard InChI is InChI=1S/C4H9.CH3.Hg/c1-4(2)3;;/h4H,1H2,2-3H3;1H3;. The first-order chi connectivity index (χ1) is 2.77. The van der Waals surface area contributed by atoms with E-state index < -0.39 is 0 Å². The average molecular weight is 273 g/mol. The van der Waals surface area contributed by atoms with Crippen LogP contribution in [0.1, 0.15) is 13.8 Å². The van der Waals surface area contributed by atoms with Gasteiger partial charge in [0.05, 0.1) is 0 Å². The third-order valence-electron chi connectivity index (χ3n) is 0.866. The van der Waals surface area contributed by atoms with Crippen LogP contribution in [-0.2, 0) is 24.6 Å². The van der Waals surface area contributed by atoms with Gasteiger partial charge in [-0.1, -0.05) is 0 Å². The van der Waals surface area contributed by atoms with Crippen LogP contribution >= 0.6 is 0 Å². The predicted octanol–water partition coefficient (Wildman–Crippen LogP) is 2.19.